The number of hydrogen-bond acceptors (Lipinski definition) is 4. The number of fused-ring (bicyclic) bond motifs is 1. The van der Waals surface area contributed by atoms with Crippen molar-refractivity contribution in [1.82, 2.24) is 0 Å². The van der Waals surface area contributed by atoms with Crippen molar-refractivity contribution in [2.24, 2.45) is 11.1 Å². The number of nitrogens with two attached hydrogens (primary N) is 1. The summed E-state index contributed by atoms with van der Waals surface area (Å²) >= 11 is 0. The molecule has 0 radical (unpaired) electrons. The molecule has 0 aliphatic heterocycles. The SMILES string of the molecule is COC(=O)C(C)(C)COc1ccc2ccccc2c1CN. The highest BCUT2D eigenvalue weighted by Crippen LogP contribution is 2.29. The largest absolute Gasteiger partial charge is 0.492 e. The van der Waals surface area contributed by atoms with E-state index in [0.717, 1.165) is 16.3 Å². The number of rotatable bonds is 5. The maximum Gasteiger partial charge on any atom is 0.314 e. The summed E-state index contributed by atoms with van der Waals surface area (Å²) in [6.07, 6.45) is 0. The highest BCUT2D eigenvalue weighted by atomic mass is 16.5. The van der Waals surface area contributed by atoms with Crippen molar-refractivity contribution in [3.05, 3.63) is 42.0 Å². The first kappa shape index (κ1) is 15.3. The van der Waals surface area contributed by atoms with Gasteiger partial charge in [-0.15, -0.1) is 0 Å². The van der Waals surface area contributed by atoms with Crippen molar-refractivity contribution in [3.63, 3.8) is 0 Å². The second-order valence-electron chi connectivity index (χ2n) is 5.63. The molecule has 2 aromatic carbocycles. The number of carbonyl (C=O) groups excluding carboxylic acids is 1. The summed E-state index contributed by atoms with van der Waals surface area (Å²) < 4.78 is 10.6. The molecule has 0 aliphatic rings. The van der Waals surface area contributed by atoms with E-state index in [2.05, 4.69) is 0 Å². The summed E-state index contributed by atoms with van der Waals surface area (Å²) in [4.78, 5) is 11.7. The Bertz CT molecular complexity index is 650. The standard InChI is InChI=1S/C17H21NO3/c1-17(2,16(19)20-3)11-21-15-9-8-12-6-4-5-7-13(12)14(15)10-18/h4-9H,10-11,18H2,1-3H3. The first-order valence-corrected chi connectivity index (χ1v) is 6.91. The minimum Gasteiger partial charge on any atom is -0.492 e. The van der Waals surface area contributed by atoms with Crippen LogP contribution in [0.25, 0.3) is 10.8 Å². The van der Waals surface area contributed by atoms with Crippen molar-refractivity contribution in [2.45, 2.75) is 20.4 Å². The van der Waals surface area contributed by atoms with Crippen molar-refractivity contribution in [1.29, 1.82) is 0 Å². The first-order valence-electron chi connectivity index (χ1n) is 6.91. The van der Waals surface area contributed by atoms with Gasteiger partial charge in [-0.2, -0.15) is 0 Å². The van der Waals surface area contributed by atoms with Crippen molar-refractivity contribution in [2.75, 3.05) is 13.7 Å². The minimum atomic E-state index is -0.702. The fraction of sp³-hybridized carbons (Fsp3) is 0.353. The van der Waals surface area contributed by atoms with Gasteiger partial charge in [0.15, 0.2) is 0 Å². The molecule has 4 nitrogen and oxygen atoms in total. The second-order valence-corrected chi connectivity index (χ2v) is 5.63. The Balaban J connectivity index is 2.29. The van der Waals surface area contributed by atoms with Crippen molar-refractivity contribution >= 4 is 16.7 Å². The van der Waals surface area contributed by atoms with Crippen LogP contribution in [0.4, 0.5) is 0 Å². The molecular weight excluding hydrogens is 266 g/mol. The van der Waals surface area contributed by atoms with Gasteiger partial charge < -0.3 is 15.2 Å². The number of methoxy groups -OCH3 is 1. The van der Waals surface area contributed by atoms with Crippen LogP contribution in [0.15, 0.2) is 36.4 Å². The summed E-state index contributed by atoms with van der Waals surface area (Å²) in [5.41, 5.74) is 6.12. The van der Waals surface area contributed by atoms with E-state index in [1.54, 1.807) is 13.8 Å². The van der Waals surface area contributed by atoms with E-state index in [0.29, 0.717) is 12.3 Å². The van der Waals surface area contributed by atoms with Crippen LogP contribution in [0, 0.1) is 5.41 Å². The van der Waals surface area contributed by atoms with Gasteiger partial charge in [0.25, 0.3) is 0 Å². The van der Waals surface area contributed by atoms with Gasteiger partial charge >= 0.3 is 5.97 Å². The van der Waals surface area contributed by atoms with Gasteiger partial charge in [0.05, 0.1) is 12.5 Å². The molecule has 0 spiro atoms. The maximum absolute atomic E-state index is 11.7. The van der Waals surface area contributed by atoms with Crippen LogP contribution in [0.2, 0.25) is 0 Å². The summed E-state index contributed by atoms with van der Waals surface area (Å²) in [6.45, 7) is 4.21. The monoisotopic (exact) mass is 287 g/mol. The number of ether oxygens (including phenoxy) is 2. The molecule has 2 rings (SSSR count). The molecule has 0 heterocycles. The number of esters is 1. The molecule has 0 amide bonds. The van der Waals surface area contributed by atoms with Gasteiger partial charge in [0.2, 0.25) is 0 Å². The third-order valence-electron chi connectivity index (χ3n) is 3.53. The highest BCUT2D eigenvalue weighted by Gasteiger charge is 2.30. The lowest BCUT2D eigenvalue weighted by Crippen LogP contribution is -2.32. The van der Waals surface area contributed by atoms with Gasteiger partial charge in [-0.05, 0) is 30.7 Å². The zero-order valence-corrected chi connectivity index (χ0v) is 12.7. The lowest BCUT2D eigenvalue weighted by Gasteiger charge is -2.23. The van der Waals surface area contributed by atoms with Gasteiger partial charge in [-0.1, -0.05) is 30.3 Å². The van der Waals surface area contributed by atoms with Gasteiger partial charge in [0.1, 0.15) is 12.4 Å². The van der Waals surface area contributed by atoms with E-state index in [-0.39, 0.29) is 12.6 Å². The van der Waals surface area contributed by atoms with Gasteiger partial charge in [0, 0.05) is 12.1 Å². The smallest absolute Gasteiger partial charge is 0.314 e. The topological polar surface area (TPSA) is 61.5 Å². The third kappa shape index (κ3) is 3.16. The Hall–Kier alpha value is -2.07. The molecule has 4 heteroatoms. The Morgan fingerprint density at radius 2 is 1.90 bits per heavy atom. The predicted octanol–water partition coefficient (Wildman–Crippen LogP) is 2.88. The summed E-state index contributed by atoms with van der Waals surface area (Å²) in [5.74, 6) is 0.422. The van der Waals surface area contributed by atoms with Gasteiger partial charge in [-0.3, -0.25) is 4.79 Å². The van der Waals surface area contributed by atoms with Crippen LogP contribution in [0.5, 0.6) is 5.75 Å². The highest BCUT2D eigenvalue weighted by molar-refractivity contribution is 5.87. The van der Waals surface area contributed by atoms with E-state index in [1.807, 2.05) is 36.4 Å². The second kappa shape index (κ2) is 6.14. The van der Waals surface area contributed by atoms with Crippen LogP contribution >= 0.6 is 0 Å². The number of hydrogen-bond donors (Lipinski definition) is 1. The molecule has 0 bridgehead atoms. The van der Waals surface area contributed by atoms with Crippen LogP contribution in [0.3, 0.4) is 0 Å². The fourth-order valence-electron chi connectivity index (χ4n) is 2.26. The van der Waals surface area contributed by atoms with Gasteiger partial charge in [-0.25, -0.2) is 0 Å². The van der Waals surface area contributed by atoms with Crippen LogP contribution in [-0.2, 0) is 16.1 Å². The van der Waals surface area contributed by atoms with E-state index in [1.165, 1.54) is 7.11 Å². The molecule has 21 heavy (non-hydrogen) atoms. The molecular formula is C17H21NO3. The van der Waals surface area contributed by atoms with E-state index < -0.39 is 5.41 Å². The molecule has 2 aromatic rings. The molecule has 0 aliphatic carbocycles. The molecule has 0 fully saturated rings. The lowest BCUT2D eigenvalue weighted by atomic mass is 9.95. The predicted molar refractivity (Wildman–Crippen MR) is 83.1 cm³/mol. The Morgan fingerprint density at radius 3 is 2.57 bits per heavy atom. The molecule has 0 atom stereocenters. The molecule has 112 valence electrons. The van der Waals surface area contributed by atoms with Crippen molar-refractivity contribution in [3.8, 4) is 5.75 Å². The average molecular weight is 287 g/mol. The van der Waals surface area contributed by atoms with Crippen LogP contribution in [-0.4, -0.2) is 19.7 Å². The third-order valence-corrected chi connectivity index (χ3v) is 3.53. The summed E-state index contributed by atoms with van der Waals surface area (Å²) in [5, 5.41) is 2.20. The Kier molecular flexibility index (Phi) is 4.48. The molecule has 2 N–H and O–H groups in total. The van der Waals surface area contributed by atoms with Crippen LogP contribution < -0.4 is 10.5 Å². The quantitative estimate of drug-likeness (QED) is 0.859. The van der Waals surface area contributed by atoms with E-state index in [4.69, 9.17) is 15.2 Å². The van der Waals surface area contributed by atoms with E-state index >= 15 is 0 Å². The first-order chi connectivity index (χ1) is 9.99. The fourth-order valence-corrected chi connectivity index (χ4v) is 2.26. The molecule has 0 saturated heterocycles. The zero-order valence-electron chi connectivity index (χ0n) is 12.7. The van der Waals surface area contributed by atoms with Crippen molar-refractivity contribution < 1.29 is 14.3 Å². The normalized spacial score (nSPS) is 11.4. The Morgan fingerprint density at radius 1 is 1.19 bits per heavy atom. The number of carbonyl (C=O) groups is 1. The lowest BCUT2D eigenvalue weighted by molar-refractivity contribution is -0.152. The average Bonchev–Trinajstić information content (AvgIpc) is 2.51. The van der Waals surface area contributed by atoms with Crippen LogP contribution in [0.1, 0.15) is 19.4 Å². The maximum atomic E-state index is 11.7. The molecule has 0 unspecified atom stereocenters. The Labute approximate surface area is 124 Å². The number of benzene rings is 2. The zero-order chi connectivity index (χ0) is 15.5. The van der Waals surface area contributed by atoms with E-state index in [9.17, 15) is 4.79 Å². The molecule has 0 aromatic heterocycles. The molecule has 0 saturated carbocycles. The summed E-state index contributed by atoms with van der Waals surface area (Å²) in [6, 6.07) is 11.9. The minimum absolute atomic E-state index is 0.241. The summed E-state index contributed by atoms with van der Waals surface area (Å²) in [7, 11) is 1.38.